The Kier molecular flexibility index (Phi) is 23.2. The van der Waals surface area contributed by atoms with E-state index in [4.69, 9.17) is 10.2 Å². The Hall–Kier alpha value is -2.81. The molecular formula is C59H95NO6. The second-order valence-electron chi connectivity index (χ2n) is 21.6. The molecular weight excluding hydrogens is 819 g/mol. The van der Waals surface area contributed by atoms with Crippen LogP contribution in [0.15, 0.2) is 78.4 Å². The Morgan fingerprint density at radius 3 is 2.09 bits per heavy atom. The number of aliphatic hydroxyl groups is 4. The third kappa shape index (κ3) is 15.6. The molecule has 2 aromatic carbocycles. The molecule has 0 amide bonds. The fourth-order valence-electron chi connectivity index (χ4n) is 13.2. The van der Waals surface area contributed by atoms with Gasteiger partial charge in [-0.2, -0.15) is 0 Å². The smallest absolute Gasteiger partial charge is 0.303 e. The lowest BCUT2D eigenvalue weighted by Crippen LogP contribution is -2.52. The molecule has 7 heteroatoms. The van der Waals surface area contributed by atoms with Crippen LogP contribution in [0.2, 0.25) is 0 Å². The van der Waals surface area contributed by atoms with Crippen LogP contribution in [0.1, 0.15) is 189 Å². The van der Waals surface area contributed by atoms with Crippen LogP contribution in [0.5, 0.6) is 0 Å². The minimum Gasteiger partial charge on any atom is -0.481 e. The second-order valence-corrected chi connectivity index (χ2v) is 21.6. The van der Waals surface area contributed by atoms with Crippen molar-refractivity contribution in [2.75, 3.05) is 13.1 Å². The van der Waals surface area contributed by atoms with Gasteiger partial charge in [-0.3, -0.25) is 9.69 Å². The number of benzene rings is 2. The van der Waals surface area contributed by atoms with Crippen molar-refractivity contribution in [1.82, 2.24) is 4.90 Å². The van der Waals surface area contributed by atoms with E-state index in [-0.39, 0.29) is 24.5 Å². The quantitative estimate of drug-likeness (QED) is 0.106. The van der Waals surface area contributed by atoms with Crippen molar-refractivity contribution in [3.05, 3.63) is 84.0 Å². The van der Waals surface area contributed by atoms with E-state index in [2.05, 4.69) is 57.7 Å². The van der Waals surface area contributed by atoms with Gasteiger partial charge >= 0.3 is 5.97 Å². The van der Waals surface area contributed by atoms with Gasteiger partial charge in [0.2, 0.25) is 0 Å². The number of aliphatic carboxylic acids is 1. The lowest BCUT2D eigenvalue weighted by Gasteiger charge is -2.59. The summed E-state index contributed by atoms with van der Waals surface area (Å²) in [6, 6.07) is 18.7. The van der Waals surface area contributed by atoms with E-state index in [1.54, 1.807) is 0 Å². The molecule has 2 aromatic rings. The number of allylic oxidation sites excluding steroid dienone is 3. The van der Waals surface area contributed by atoms with E-state index in [0.29, 0.717) is 30.7 Å². The minimum atomic E-state index is -1.47. The van der Waals surface area contributed by atoms with E-state index in [1.165, 1.54) is 113 Å². The fraction of sp³-hybridized carbons (Fsp3) is 0.712. The number of carboxylic acid groups (broad SMARTS) is 1. The molecule has 8 rings (SSSR count). The highest BCUT2D eigenvalue weighted by molar-refractivity contribution is 5.66. The zero-order valence-electron chi connectivity index (χ0n) is 42.9. The molecule has 1 aliphatic heterocycles. The second kappa shape index (κ2) is 27.4. The zero-order chi connectivity index (χ0) is 48.3. The summed E-state index contributed by atoms with van der Waals surface area (Å²) in [7, 11) is 0. The highest BCUT2D eigenvalue weighted by Crippen LogP contribution is 2.67. The Bertz CT molecular complexity index is 1730. The first-order chi connectivity index (χ1) is 31.6. The predicted octanol–water partition coefficient (Wildman–Crippen LogP) is 13.8. The van der Waals surface area contributed by atoms with E-state index < -0.39 is 11.8 Å². The van der Waals surface area contributed by atoms with Crippen LogP contribution < -0.4 is 0 Å². The van der Waals surface area contributed by atoms with E-state index in [1.807, 2.05) is 75.4 Å². The maximum atomic E-state index is 10.2. The number of rotatable bonds is 12. The standard InChI is InChI=1S/C27H46O2.C13H12O.C10H19NO.C7H12O2.C2H6/c1-18(2)7-6-8-19(3)22-11-12-23-21-10-9-20-17-27(28,29)16-15-25(20,4)24(21)13-14-26(22,23)5;14-10-11-6-8-13(9-7-11)12-4-2-1-3-5-12;12-10-6-4-5-9(10)11-7-2-1-3-8-11;1-2-3-4-5-6-7(8)9;1-2/h9,18-19,21-24,28-29H,6-8,10-17H2,1-5H3;1-9,14H,10H2;9-10,12H,1-8H2;3-4H,2,5-6H2,1H3,(H,8,9);1-2H3/b;;;4-3-;/t19-,21?,22?,23?,24?,25?,26?;;;;/m1..../s1. The molecule has 1 heterocycles. The summed E-state index contributed by atoms with van der Waals surface area (Å²) in [5.41, 5.74) is 5.44. The normalized spacial score (nSPS) is 30.3. The summed E-state index contributed by atoms with van der Waals surface area (Å²) in [6.45, 7) is 20.9. The zero-order valence-corrected chi connectivity index (χ0v) is 42.9. The molecule has 5 aliphatic carbocycles. The van der Waals surface area contributed by atoms with Gasteiger partial charge in [-0.1, -0.05) is 159 Å². The van der Waals surface area contributed by atoms with Gasteiger partial charge in [0.05, 0.1) is 12.7 Å². The van der Waals surface area contributed by atoms with Crippen molar-refractivity contribution in [2.24, 2.45) is 46.3 Å². The lowest BCUT2D eigenvalue weighted by molar-refractivity contribution is -0.189. The first-order valence-electron chi connectivity index (χ1n) is 26.8. The van der Waals surface area contributed by atoms with Crippen molar-refractivity contribution in [1.29, 1.82) is 0 Å². The van der Waals surface area contributed by atoms with E-state index in [9.17, 15) is 20.1 Å². The van der Waals surface area contributed by atoms with Gasteiger partial charge in [0, 0.05) is 25.3 Å². The number of fused-ring (bicyclic) bond motifs is 5. The fourth-order valence-corrected chi connectivity index (χ4v) is 13.2. The van der Waals surface area contributed by atoms with Crippen LogP contribution in [0, 0.1) is 46.3 Å². The Balaban J connectivity index is 0.000000214. The number of carbonyl (C=O) groups is 1. The van der Waals surface area contributed by atoms with E-state index >= 15 is 0 Å². The maximum Gasteiger partial charge on any atom is 0.303 e. The topological polar surface area (TPSA) is 121 Å². The molecule has 1 saturated heterocycles. The number of carboxylic acids is 1. The molecule has 5 N–H and O–H groups in total. The number of nitrogens with zero attached hydrogens (tertiary/aromatic N) is 1. The van der Waals surface area contributed by atoms with Gasteiger partial charge < -0.3 is 25.5 Å². The highest BCUT2D eigenvalue weighted by atomic mass is 16.5. The van der Waals surface area contributed by atoms with Crippen LogP contribution in [-0.4, -0.2) is 67.4 Å². The first-order valence-corrected chi connectivity index (χ1v) is 26.8. The lowest BCUT2D eigenvalue weighted by atomic mass is 9.46. The van der Waals surface area contributed by atoms with Gasteiger partial charge in [0.1, 0.15) is 0 Å². The van der Waals surface area contributed by atoms with Crippen LogP contribution >= 0.6 is 0 Å². The number of aliphatic hydroxyl groups excluding tert-OH is 2. The van der Waals surface area contributed by atoms with Gasteiger partial charge in [0.25, 0.3) is 0 Å². The maximum absolute atomic E-state index is 10.2. The summed E-state index contributed by atoms with van der Waals surface area (Å²) in [4.78, 5) is 12.4. The molecule has 66 heavy (non-hydrogen) atoms. The predicted molar refractivity (Wildman–Crippen MR) is 275 cm³/mol. The molecule has 0 aromatic heterocycles. The van der Waals surface area contributed by atoms with Crippen molar-refractivity contribution < 1.29 is 30.3 Å². The highest BCUT2D eigenvalue weighted by Gasteiger charge is 2.59. The average Bonchev–Trinajstić information content (AvgIpc) is 3.92. The van der Waals surface area contributed by atoms with Crippen molar-refractivity contribution in [3.8, 4) is 11.1 Å². The summed E-state index contributed by atoms with van der Waals surface area (Å²) in [5.74, 6) is 2.87. The van der Waals surface area contributed by atoms with Gasteiger partial charge in [-0.15, -0.1) is 0 Å². The van der Waals surface area contributed by atoms with Gasteiger partial charge in [-0.05, 0) is 160 Å². The molecule has 0 bridgehead atoms. The molecule has 0 spiro atoms. The molecule has 0 radical (unpaired) electrons. The van der Waals surface area contributed by atoms with E-state index in [0.717, 1.165) is 60.3 Å². The van der Waals surface area contributed by atoms with Crippen LogP contribution in [-0.2, 0) is 11.4 Å². The third-order valence-corrected chi connectivity index (χ3v) is 16.8. The Morgan fingerprint density at radius 2 is 1.48 bits per heavy atom. The van der Waals surface area contributed by atoms with Crippen molar-refractivity contribution >= 4 is 5.97 Å². The molecule has 4 saturated carbocycles. The monoisotopic (exact) mass is 914 g/mol. The summed E-state index contributed by atoms with van der Waals surface area (Å²) >= 11 is 0. The molecule has 6 aliphatic rings. The molecule has 8 unspecified atom stereocenters. The third-order valence-electron chi connectivity index (χ3n) is 16.8. The van der Waals surface area contributed by atoms with Crippen molar-refractivity contribution in [3.63, 3.8) is 0 Å². The molecule has 372 valence electrons. The largest absolute Gasteiger partial charge is 0.481 e. The summed E-state index contributed by atoms with van der Waals surface area (Å²) in [6.07, 6.45) is 28.7. The summed E-state index contributed by atoms with van der Waals surface area (Å²) in [5, 5.41) is 47.2. The van der Waals surface area contributed by atoms with Crippen molar-refractivity contribution in [2.45, 2.75) is 208 Å². The Labute approximate surface area is 402 Å². The summed E-state index contributed by atoms with van der Waals surface area (Å²) < 4.78 is 0. The van der Waals surface area contributed by atoms with Gasteiger partial charge in [0.15, 0.2) is 5.79 Å². The minimum absolute atomic E-state index is 0.0249. The SMILES string of the molecule is CC.CC(C)CCC[C@@H](C)C1CCC2C3CC=C4CC(O)(O)CCC4(C)C3CCC21C.CC/C=C\CCC(=O)O.OC1CCCC1N1CCCCC1.OCc1ccc(-c2ccccc2)cc1. The average molecular weight is 914 g/mol. The molecule has 5 fully saturated rings. The number of hydrogen-bond acceptors (Lipinski definition) is 6. The molecule has 7 nitrogen and oxygen atoms in total. The number of hydrogen-bond donors (Lipinski definition) is 5. The first kappa shape index (κ1) is 55.8. The van der Waals surface area contributed by atoms with Gasteiger partial charge in [-0.25, -0.2) is 0 Å². The Morgan fingerprint density at radius 1 is 0.803 bits per heavy atom. The molecule has 9 atom stereocenters. The van der Waals surface area contributed by atoms with Crippen LogP contribution in [0.4, 0.5) is 0 Å². The van der Waals surface area contributed by atoms with Crippen LogP contribution in [0.3, 0.4) is 0 Å². The number of piperidine rings is 1. The van der Waals surface area contributed by atoms with Crippen LogP contribution in [0.25, 0.3) is 11.1 Å². The number of likely N-dealkylation sites (tertiary alicyclic amines) is 1.